The third-order valence-corrected chi connectivity index (χ3v) is 13.1. The van der Waals surface area contributed by atoms with Crippen molar-refractivity contribution in [2.45, 2.75) is 141 Å². The standard InChI is InChI=1S/C41H59N5O12S/c1-11-29-41(8,51)35-22(4)31-20(2)17-40(7,34(23(5)32(47)24(6)38(50)55-29)56-39-33(48)26(46(9)10)15-21(3)54-39)53-19-25(18-52-35)44-57-27(36(49)43-31)16-30-42-37(58-45-30)28-13-12-14-59-28/h12-14,20-24,26-27,29,33-35,39,48,51H,11,15-19H2,1-10H3/b43-31?,44-25+/t20-,21-,22-,23+,24-,26+,27?,29-,33-,34-,35+,39+,40-,41-/m1/s1. The number of carbonyl (C=O) groups excluding carboxylic acids is 3. The highest BCUT2D eigenvalue weighted by atomic mass is 32.1. The number of hydrogen-bond donors (Lipinski definition) is 2. The van der Waals surface area contributed by atoms with E-state index in [2.05, 4.69) is 15.3 Å². The van der Waals surface area contributed by atoms with Crippen LogP contribution in [-0.4, -0.2) is 142 Å². The van der Waals surface area contributed by atoms with Crippen LogP contribution in [0.1, 0.15) is 80.5 Å². The first kappa shape index (κ1) is 45.0. The van der Waals surface area contributed by atoms with E-state index in [0.717, 1.165) is 4.88 Å². The largest absolute Gasteiger partial charge is 0.459 e. The molecule has 4 aliphatic rings. The van der Waals surface area contributed by atoms with Crippen LogP contribution >= 0.6 is 11.3 Å². The Labute approximate surface area is 348 Å². The molecule has 3 saturated heterocycles. The summed E-state index contributed by atoms with van der Waals surface area (Å²) in [5.74, 6) is -5.15. The quantitative estimate of drug-likeness (QED) is 0.301. The molecule has 1 amide bonds. The molecule has 2 aromatic heterocycles. The number of carbonyl (C=O) groups is 3. The van der Waals surface area contributed by atoms with Crippen molar-refractivity contribution in [1.29, 1.82) is 0 Å². The maximum absolute atomic E-state index is 14.5. The summed E-state index contributed by atoms with van der Waals surface area (Å²) < 4.78 is 37.8. The maximum Gasteiger partial charge on any atom is 0.316 e. The van der Waals surface area contributed by atoms with Crippen molar-refractivity contribution in [2.24, 2.45) is 33.8 Å². The van der Waals surface area contributed by atoms with Gasteiger partial charge in [-0.1, -0.05) is 44.1 Å². The normalized spacial score (nSPS) is 40.0. The van der Waals surface area contributed by atoms with E-state index < -0.39 is 89.3 Å². The number of cyclic esters (lactones) is 1. The predicted octanol–water partition coefficient (Wildman–Crippen LogP) is 3.64. The van der Waals surface area contributed by atoms with E-state index in [9.17, 15) is 24.6 Å². The van der Waals surface area contributed by atoms with Gasteiger partial charge in [0.15, 0.2) is 17.9 Å². The fourth-order valence-electron chi connectivity index (χ4n) is 8.93. The van der Waals surface area contributed by atoms with E-state index in [1.165, 1.54) is 25.2 Å². The van der Waals surface area contributed by atoms with Gasteiger partial charge in [-0.2, -0.15) is 4.98 Å². The van der Waals surface area contributed by atoms with Gasteiger partial charge in [0.1, 0.15) is 29.4 Å². The van der Waals surface area contributed by atoms with Gasteiger partial charge in [-0.05, 0) is 78.4 Å². The van der Waals surface area contributed by atoms with Crippen LogP contribution in [0.2, 0.25) is 0 Å². The number of oxime groups is 1. The number of amides is 1. The number of Topliss-reactive ketones (excluding diaryl/α,β-unsaturated/α-hetero) is 1. The third-order valence-electron chi connectivity index (χ3n) is 12.2. The number of nitrogens with zero attached hydrogens (tertiary/aromatic N) is 5. The lowest BCUT2D eigenvalue weighted by Crippen LogP contribution is -2.60. The van der Waals surface area contributed by atoms with Crippen LogP contribution in [0.4, 0.5) is 0 Å². The molecule has 3 fully saturated rings. The van der Waals surface area contributed by atoms with Crippen molar-refractivity contribution in [3.05, 3.63) is 23.3 Å². The summed E-state index contributed by atoms with van der Waals surface area (Å²) in [6, 6.07) is 3.38. The smallest absolute Gasteiger partial charge is 0.316 e. The van der Waals surface area contributed by atoms with Gasteiger partial charge < -0.3 is 48.2 Å². The number of thiophene rings is 1. The fraction of sp³-hybridized carbons (Fsp3) is 0.732. The molecule has 0 aliphatic carbocycles. The zero-order chi connectivity index (χ0) is 43.0. The van der Waals surface area contributed by atoms with Crippen LogP contribution in [-0.2, 0) is 49.3 Å². The highest BCUT2D eigenvalue weighted by Gasteiger charge is 2.53. The first-order valence-electron chi connectivity index (χ1n) is 20.4. The van der Waals surface area contributed by atoms with E-state index in [-0.39, 0.29) is 56.2 Å². The number of aliphatic hydroxyl groups is 2. The van der Waals surface area contributed by atoms with Gasteiger partial charge in [0.2, 0.25) is 6.10 Å². The SMILES string of the molecule is CC[C@H]1OC(=O)[C@H](C)C(=O)[C@H](C)[C@@H](O[C@@H]2O[C@H](C)C[C@H](N(C)C)[C@H]2O)[C@@]2(C)C[C@@H](C)C3=NC(=O)C(Cc4noc(-c5cccs5)n4)O/N=C(\CO[C@@H]([C@@H]3C)[C@]1(C)O)CO2. The Morgan fingerprint density at radius 3 is 2.49 bits per heavy atom. The molecular formula is C41H59N5O12S. The lowest BCUT2D eigenvalue weighted by Gasteiger charge is -2.47. The number of aliphatic imine (C=N–C) groups is 1. The van der Waals surface area contributed by atoms with Crippen molar-refractivity contribution < 1.29 is 57.6 Å². The fourth-order valence-corrected chi connectivity index (χ4v) is 9.58. The summed E-state index contributed by atoms with van der Waals surface area (Å²) >= 11 is 1.43. The maximum atomic E-state index is 14.5. The summed E-state index contributed by atoms with van der Waals surface area (Å²) in [5, 5.41) is 34.4. The van der Waals surface area contributed by atoms with Gasteiger partial charge in [0.05, 0.1) is 48.4 Å². The summed E-state index contributed by atoms with van der Waals surface area (Å²) in [5.41, 5.74) is -2.71. The molecule has 4 bridgehead atoms. The zero-order valence-electron chi connectivity index (χ0n) is 35.5. The van der Waals surface area contributed by atoms with Crippen molar-refractivity contribution in [3.63, 3.8) is 0 Å². The van der Waals surface area contributed by atoms with Gasteiger partial charge >= 0.3 is 5.97 Å². The van der Waals surface area contributed by atoms with Gasteiger partial charge in [-0.25, -0.2) is 4.99 Å². The number of ketones is 1. The molecule has 59 heavy (non-hydrogen) atoms. The number of fused-ring (bicyclic) bond motifs is 4. The van der Waals surface area contributed by atoms with Gasteiger partial charge in [-0.3, -0.25) is 14.4 Å². The summed E-state index contributed by atoms with van der Waals surface area (Å²) in [6.07, 6.45) is -6.53. The molecule has 0 spiro atoms. The predicted molar refractivity (Wildman–Crippen MR) is 215 cm³/mol. The number of rotatable bonds is 7. The number of ether oxygens (including phenoxy) is 5. The van der Waals surface area contributed by atoms with Crippen LogP contribution in [0.25, 0.3) is 10.8 Å². The number of aliphatic hydroxyl groups excluding tert-OH is 1. The van der Waals surface area contributed by atoms with Gasteiger partial charge in [0, 0.05) is 23.6 Å². The van der Waals surface area contributed by atoms with Crippen molar-refractivity contribution in [2.75, 3.05) is 27.3 Å². The van der Waals surface area contributed by atoms with Gasteiger partial charge in [-0.15, -0.1) is 11.3 Å². The second-order valence-corrected chi connectivity index (χ2v) is 18.1. The summed E-state index contributed by atoms with van der Waals surface area (Å²) in [7, 11) is 3.73. The summed E-state index contributed by atoms with van der Waals surface area (Å²) in [6.45, 7) is 13.3. The van der Waals surface area contributed by atoms with Crippen molar-refractivity contribution >= 4 is 40.4 Å². The van der Waals surface area contributed by atoms with Crippen LogP contribution < -0.4 is 0 Å². The Morgan fingerprint density at radius 1 is 1.07 bits per heavy atom. The molecule has 17 nitrogen and oxygen atoms in total. The molecule has 18 heteroatoms. The van der Waals surface area contributed by atoms with E-state index in [0.29, 0.717) is 18.0 Å². The van der Waals surface area contributed by atoms with Crippen LogP contribution in [0.15, 0.2) is 32.2 Å². The Kier molecular flexibility index (Phi) is 13.9. The lowest BCUT2D eigenvalue weighted by atomic mass is 9.73. The molecular weight excluding hydrogens is 787 g/mol. The lowest BCUT2D eigenvalue weighted by molar-refractivity contribution is -0.296. The first-order chi connectivity index (χ1) is 27.8. The number of esters is 1. The Hall–Kier alpha value is -3.49. The Balaban J connectivity index is 1.48. The zero-order valence-corrected chi connectivity index (χ0v) is 36.3. The Bertz CT molecular complexity index is 1870. The van der Waals surface area contributed by atoms with Crippen molar-refractivity contribution in [3.8, 4) is 10.8 Å². The molecule has 0 aromatic carbocycles. The molecule has 1 unspecified atom stereocenters. The molecule has 0 saturated carbocycles. The number of likely N-dealkylation sites (N-methyl/N-ethyl adjacent to an activating group) is 1. The molecule has 6 heterocycles. The minimum atomic E-state index is -1.86. The average molecular weight is 846 g/mol. The van der Waals surface area contributed by atoms with Crippen LogP contribution in [0.3, 0.4) is 0 Å². The monoisotopic (exact) mass is 845 g/mol. The van der Waals surface area contributed by atoms with E-state index >= 15 is 0 Å². The third kappa shape index (κ3) is 9.54. The number of hydrogen-bond acceptors (Lipinski definition) is 17. The minimum absolute atomic E-state index is 0.123. The van der Waals surface area contributed by atoms with Crippen LogP contribution in [0.5, 0.6) is 0 Å². The van der Waals surface area contributed by atoms with Crippen molar-refractivity contribution in [1.82, 2.24) is 15.0 Å². The van der Waals surface area contributed by atoms with Crippen LogP contribution in [0, 0.1) is 23.7 Å². The highest BCUT2D eigenvalue weighted by Crippen LogP contribution is 2.40. The first-order valence-corrected chi connectivity index (χ1v) is 21.3. The molecule has 0 radical (unpaired) electrons. The minimum Gasteiger partial charge on any atom is -0.459 e. The molecule has 2 aromatic rings. The second kappa shape index (κ2) is 18.2. The molecule has 4 aliphatic heterocycles. The average Bonchev–Trinajstić information content (AvgIpc) is 3.89. The highest BCUT2D eigenvalue weighted by molar-refractivity contribution is 7.13. The molecule has 14 atom stereocenters. The number of aromatic nitrogens is 2. The van der Waals surface area contributed by atoms with Gasteiger partial charge in [0.25, 0.3) is 11.8 Å². The van der Waals surface area contributed by atoms with E-state index in [4.69, 9.17) is 38.0 Å². The second-order valence-electron chi connectivity index (χ2n) is 17.2. The summed E-state index contributed by atoms with van der Waals surface area (Å²) in [4.78, 5) is 60.5. The molecule has 6 rings (SSSR count). The van der Waals surface area contributed by atoms with E-state index in [1.807, 2.05) is 50.4 Å². The molecule has 2 N–H and O–H groups in total. The topological polar surface area (TPSA) is 214 Å². The van der Waals surface area contributed by atoms with E-state index in [1.54, 1.807) is 27.7 Å². The Morgan fingerprint density at radius 2 is 1.81 bits per heavy atom. The molecule has 326 valence electrons.